The fraction of sp³-hybridized carbons (Fsp3) is 0.0526. The predicted molar refractivity (Wildman–Crippen MR) is 94.9 cm³/mol. The van der Waals surface area contributed by atoms with Gasteiger partial charge < -0.3 is 15.0 Å². The van der Waals surface area contributed by atoms with Gasteiger partial charge >= 0.3 is 0 Å². The van der Waals surface area contributed by atoms with Crippen LogP contribution in [0, 0.1) is 6.92 Å². The monoisotopic (exact) mass is 316 g/mol. The molecule has 5 nitrogen and oxygen atoms in total. The highest BCUT2D eigenvalue weighted by atomic mass is 16.5. The quantitative estimate of drug-likeness (QED) is 0.567. The van der Waals surface area contributed by atoms with E-state index in [1.165, 1.54) is 0 Å². The highest BCUT2D eigenvalue weighted by Crippen LogP contribution is 2.24. The van der Waals surface area contributed by atoms with Gasteiger partial charge in [0, 0.05) is 18.1 Å². The molecule has 0 bridgehead atoms. The average molecular weight is 316 g/mol. The molecule has 2 N–H and O–H groups in total. The van der Waals surface area contributed by atoms with Crippen molar-refractivity contribution in [1.29, 1.82) is 0 Å². The summed E-state index contributed by atoms with van der Waals surface area (Å²) in [7, 11) is 0. The van der Waals surface area contributed by atoms with Gasteiger partial charge in [0.05, 0.1) is 11.0 Å². The molecule has 0 saturated heterocycles. The average Bonchev–Trinajstić information content (AvgIpc) is 3.02. The van der Waals surface area contributed by atoms with E-state index in [9.17, 15) is 0 Å². The number of nitrogens with zero attached hydrogens (tertiary/aromatic N) is 2. The van der Waals surface area contributed by atoms with E-state index in [1.807, 2.05) is 48.5 Å². The van der Waals surface area contributed by atoms with Crippen molar-refractivity contribution in [2.75, 3.05) is 5.32 Å². The lowest BCUT2D eigenvalue weighted by Gasteiger charge is -2.07. The maximum atomic E-state index is 5.76. The van der Waals surface area contributed by atoms with Crippen LogP contribution in [0.2, 0.25) is 0 Å². The Kier molecular flexibility index (Phi) is 3.59. The van der Waals surface area contributed by atoms with E-state index in [-0.39, 0.29) is 0 Å². The molecule has 2 heterocycles. The lowest BCUT2D eigenvalue weighted by molar-refractivity contribution is 0.482. The maximum Gasteiger partial charge on any atom is 0.205 e. The van der Waals surface area contributed by atoms with Crippen LogP contribution in [0.4, 0.5) is 11.6 Å². The maximum absolute atomic E-state index is 5.76. The number of pyridine rings is 1. The summed E-state index contributed by atoms with van der Waals surface area (Å²) in [6.07, 6.45) is 3.41. The van der Waals surface area contributed by atoms with Crippen LogP contribution in [0.5, 0.6) is 11.5 Å². The number of benzene rings is 2. The summed E-state index contributed by atoms with van der Waals surface area (Å²) in [5.74, 6) is 2.26. The summed E-state index contributed by atoms with van der Waals surface area (Å²) in [4.78, 5) is 11.8. The SMILES string of the molecule is Cc1cccc2[nH]c(Nc3ccc(Oc4ccncc4)cc3)nc12. The van der Waals surface area contributed by atoms with Crippen molar-refractivity contribution in [1.82, 2.24) is 15.0 Å². The van der Waals surface area contributed by atoms with Crippen LogP contribution in [0.25, 0.3) is 11.0 Å². The number of fused-ring (bicyclic) bond motifs is 1. The van der Waals surface area contributed by atoms with Gasteiger partial charge in [-0.15, -0.1) is 0 Å². The fourth-order valence-corrected chi connectivity index (χ4v) is 2.52. The molecule has 5 heteroatoms. The van der Waals surface area contributed by atoms with Crippen molar-refractivity contribution < 1.29 is 4.74 Å². The van der Waals surface area contributed by atoms with Gasteiger partial charge in [0.15, 0.2) is 0 Å². The minimum absolute atomic E-state index is 0.724. The summed E-state index contributed by atoms with van der Waals surface area (Å²) >= 11 is 0. The van der Waals surface area contributed by atoms with Crippen molar-refractivity contribution in [3.05, 3.63) is 72.6 Å². The Morgan fingerprint density at radius 2 is 1.67 bits per heavy atom. The number of rotatable bonds is 4. The van der Waals surface area contributed by atoms with Gasteiger partial charge in [0.1, 0.15) is 11.5 Å². The molecule has 0 spiro atoms. The first-order valence-electron chi connectivity index (χ1n) is 7.68. The highest BCUT2D eigenvalue weighted by molar-refractivity contribution is 5.81. The number of hydrogen-bond acceptors (Lipinski definition) is 4. The molecule has 0 fully saturated rings. The molecular weight excluding hydrogens is 300 g/mol. The Balaban J connectivity index is 1.51. The Morgan fingerprint density at radius 3 is 2.42 bits per heavy atom. The first kappa shape index (κ1) is 14.3. The second-order valence-electron chi connectivity index (χ2n) is 5.49. The smallest absolute Gasteiger partial charge is 0.205 e. The minimum Gasteiger partial charge on any atom is -0.457 e. The van der Waals surface area contributed by atoms with Crippen molar-refractivity contribution in [3.63, 3.8) is 0 Å². The number of imidazole rings is 1. The minimum atomic E-state index is 0.724. The summed E-state index contributed by atoms with van der Waals surface area (Å²) < 4.78 is 5.76. The molecule has 4 aromatic rings. The third-order valence-electron chi connectivity index (χ3n) is 3.72. The van der Waals surface area contributed by atoms with Crippen LogP contribution in [0.15, 0.2) is 67.0 Å². The van der Waals surface area contributed by atoms with E-state index in [1.54, 1.807) is 12.4 Å². The molecular formula is C19H16N4O. The van der Waals surface area contributed by atoms with Crippen molar-refractivity contribution >= 4 is 22.7 Å². The number of hydrogen-bond donors (Lipinski definition) is 2. The molecule has 24 heavy (non-hydrogen) atoms. The number of anilines is 2. The molecule has 0 aliphatic carbocycles. The van der Waals surface area contributed by atoms with Crippen LogP contribution >= 0.6 is 0 Å². The lowest BCUT2D eigenvalue weighted by atomic mass is 10.2. The number of aromatic amines is 1. The Bertz CT molecular complexity index is 962. The number of para-hydroxylation sites is 1. The molecule has 0 aliphatic rings. The molecule has 0 saturated carbocycles. The number of ether oxygens (including phenoxy) is 1. The molecule has 0 atom stereocenters. The standard InChI is InChI=1S/C19H16N4O/c1-13-3-2-4-17-18(13)23-19(22-17)21-14-5-7-15(8-6-14)24-16-9-11-20-12-10-16/h2-12H,1H3,(H2,21,22,23). The molecule has 0 unspecified atom stereocenters. The molecule has 118 valence electrons. The summed E-state index contributed by atoms with van der Waals surface area (Å²) in [6, 6.07) is 17.5. The van der Waals surface area contributed by atoms with Crippen molar-refractivity contribution in [2.24, 2.45) is 0 Å². The molecule has 0 aliphatic heterocycles. The Morgan fingerprint density at radius 1 is 0.917 bits per heavy atom. The molecule has 2 aromatic heterocycles. The van der Waals surface area contributed by atoms with Crippen LogP contribution < -0.4 is 10.1 Å². The van der Waals surface area contributed by atoms with Gasteiger partial charge in [0.25, 0.3) is 0 Å². The summed E-state index contributed by atoms with van der Waals surface area (Å²) in [5, 5.41) is 3.28. The van der Waals surface area contributed by atoms with Gasteiger partial charge in [-0.2, -0.15) is 0 Å². The van der Waals surface area contributed by atoms with Gasteiger partial charge in [-0.1, -0.05) is 12.1 Å². The topological polar surface area (TPSA) is 62.8 Å². The summed E-state index contributed by atoms with van der Waals surface area (Å²) in [5.41, 5.74) is 4.10. The Hall–Kier alpha value is -3.34. The van der Waals surface area contributed by atoms with Crippen molar-refractivity contribution in [2.45, 2.75) is 6.92 Å². The highest BCUT2D eigenvalue weighted by Gasteiger charge is 2.05. The van der Waals surface area contributed by atoms with E-state index in [0.29, 0.717) is 0 Å². The zero-order valence-electron chi connectivity index (χ0n) is 13.2. The Labute approximate surface area is 139 Å². The molecule has 2 aromatic carbocycles. The first-order chi connectivity index (χ1) is 11.8. The third-order valence-corrected chi connectivity index (χ3v) is 3.72. The molecule has 0 radical (unpaired) electrons. The lowest BCUT2D eigenvalue weighted by Crippen LogP contribution is -1.92. The van der Waals surface area contributed by atoms with Crippen LogP contribution in [-0.2, 0) is 0 Å². The van der Waals surface area contributed by atoms with Gasteiger partial charge in [-0.3, -0.25) is 4.98 Å². The van der Waals surface area contributed by atoms with Gasteiger partial charge in [-0.05, 0) is 55.0 Å². The summed E-state index contributed by atoms with van der Waals surface area (Å²) in [6.45, 7) is 2.05. The van der Waals surface area contributed by atoms with E-state index < -0.39 is 0 Å². The van der Waals surface area contributed by atoms with Gasteiger partial charge in [-0.25, -0.2) is 4.98 Å². The van der Waals surface area contributed by atoms with Crippen LogP contribution in [-0.4, -0.2) is 15.0 Å². The number of aromatic nitrogens is 3. The third kappa shape index (κ3) is 2.92. The normalized spacial score (nSPS) is 10.7. The van der Waals surface area contributed by atoms with Crippen molar-refractivity contribution in [3.8, 4) is 11.5 Å². The number of nitrogens with one attached hydrogen (secondary N) is 2. The zero-order chi connectivity index (χ0) is 16.4. The predicted octanol–water partition coefficient (Wildman–Crippen LogP) is 4.80. The number of aryl methyl sites for hydroxylation is 1. The second kappa shape index (κ2) is 6.04. The molecule has 4 rings (SSSR count). The fourth-order valence-electron chi connectivity index (χ4n) is 2.52. The van der Waals surface area contributed by atoms with Gasteiger partial charge in [0.2, 0.25) is 5.95 Å². The second-order valence-corrected chi connectivity index (χ2v) is 5.49. The molecule has 0 amide bonds. The van der Waals surface area contributed by atoms with E-state index in [2.05, 4.69) is 33.3 Å². The largest absolute Gasteiger partial charge is 0.457 e. The number of H-pyrrole nitrogens is 1. The van der Waals surface area contributed by atoms with E-state index >= 15 is 0 Å². The van der Waals surface area contributed by atoms with Crippen LogP contribution in [0.1, 0.15) is 5.56 Å². The zero-order valence-corrected chi connectivity index (χ0v) is 13.2. The first-order valence-corrected chi connectivity index (χ1v) is 7.68. The van der Waals surface area contributed by atoms with E-state index in [0.717, 1.165) is 39.7 Å². The van der Waals surface area contributed by atoms with Crippen LogP contribution in [0.3, 0.4) is 0 Å². The van der Waals surface area contributed by atoms with E-state index in [4.69, 9.17) is 4.74 Å².